The number of carbonyl (C=O) groups excluding carboxylic acids is 4. The zero-order chi connectivity index (χ0) is 19.4. The topological polar surface area (TPSA) is 92.8 Å². The summed E-state index contributed by atoms with van der Waals surface area (Å²) in [6.45, 7) is -0.747. The predicted octanol–water partition coefficient (Wildman–Crippen LogP) is 1.73. The highest BCUT2D eigenvalue weighted by molar-refractivity contribution is 6.52. The number of anilines is 1. The number of hydrogen-bond acceptors (Lipinski definition) is 5. The molecule has 2 aromatic carbocycles. The number of halogens is 1. The first-order chi connectivity index (χ1) is 13.0. The van der Waals surface area contributed by atoms with Gasteiger partial charge in [-0.2, -0.15) is 0 Å². The van der Waals surface area contributed by atoms with Crippen LogP contribution in [0.2, 0.25) is 5.02 Å². The number of nitrogens with zero attached hydrogens (tertiary/aromatic N) is 1. The van der Waals surface area contributed by atoms with E-state index in [0.717, 1.165) is 10.5 Å². The first-order valence-electron chi connectivity index (χ1n) is 8.08. The molecule has 0 unspecified atom stereocenters. The summed E-state index contributed by atoms with van der Waals surface area (Å²) in [7, 11) is 0. The average Bonchev–Trinajstić information content (AvgIpc) is 2.91. The van der Waals surface area contributed by atoms with Crippen LogP contribution in [0.4, 0.5) is 5.69 Å². The first kappa shape index (κ1) is 18.6. The summed E-state index contributed by atoms with van der Waals surface area (Å²) in [6, 6.07) is 13.4. The van der Waals surface area contributed by atoms with Crippen molar-refractivity contribution < 1.29 is 23.9 Å². The fourth-order valence-electron chi connectivity index (χ4n) is 2.61. The molecule has 1 aliphatic rings. The van der Waals surface area contributed by atoms with E-state index in [-0.39, 0.29) is 12.1 Å². The van der Waals surface area contributed by atoms with Gasteiger partial charge in [-0.3, -0.25) is 24.1 Å². The van der Waals surface area contributed by atoms with E-state index in [9.17, 15) is 19.2 Å². The Morgan fingerprint density at radius 3 is 2.52 bits per heavy atom. The number of Topliss-reactive ketones (excluding diaryl/α,β-unsaturated/α-hetero) is 1. The third-order valence-electron chi connectivity index (χ3n) is 3.96. The second-order valence-electron chi connectivity index (χ2n) is 5.77. The molecule has 2 amide bonds. The molecule has 0 bridgehead atoms. The fourth-order valence-corrected chi connectivity index (χ4v) is 2.82. The van der Waals surface area contributed by atoms with E-state index in [1.54, 1.807) is 42.5 Å². The molecule has 0 saturated heterocycles. The molecular formula is C19H15ClN2O5. The molecular weight excluding hydrogens is 372 g/mol. The Morgan fingerprint density at radius 1 is 1.04 bits per heavy atom. The normalized spacial score (nSPS) is 12.7. The number of para-hydroxylation sites is 1. The minimum atomic E-state index is -0.795. The lowest BCUT2D eigenvalue weighted by atomic mass is 10.1. The number of amides is 2. The van der Waals surface area contributed by atoms with E-state index in [1.807, 2.05) is 0 Å². The Bertz CT molecular complexity index is 928. The van der Waals surface area contributed by atoms with Crippen molar-refractivity contribution in [1.29, 1.82) is 0 Å². The Kier molecular flexibility index (Phi) is 5.52. The van der Waals surface area contributed by atoms with E-state index < -0.39 is 36.7 Å². The lowest BCUT2D eigenvalue weighted by Crippen LogP contribution is -2.37. The summed E-state index contributed by atoms with van der Waals surface area (Å²) in [5.74, 6) is -2.76. The Labute approximate surface area is 159 Å². The molecule has 0 atom stereocenters. The summed E-state index contributed by atoms with van der Waals surface area (Å²) in [5.41, 5.74) is 1.33. The van der Waals surface area contributed by atoms with Gasteiger partial charge in [-0.15, -0.1) is 0 Å². The Morgan fingerprint density at radius 2 is 1.74 bits per heavy atom. The quantitative estimate of drug-likeness (QED) is 0.603. The maximum absolute atomic E-state index is 12.0. The van der Waals surface area contributed by atoms with Crippen LogP contribution in [-0.2, 0) is 25.7 Å². The van der Waals surface area contributed by atoms with Gasteiger partial charge in [0.15, 0.2) is 6.61 Å². The third kappa shape index (κ3) is 4.15. The maximum Gasteiger partial charge on any atom is 0.326 e. The number of carbonyl (C=O) groups is 4. The lowest BCUT2D eigenvalue weighted by molar-refractivity contribution is -0.147. The van der Waals surface area contributed by atoms with Crippen molar-refractivity contribution in [3.8, 4) is 0 Å². The lowest BCUT2D eigenvalue weighted by Gasteiger charge is -2.15. The van der Waals surface area contributed by atoms with Gasteiger partial charge in [0.1, 0.15) is 6.54 Å². The van der Waals surface area contributed by atoms with Crippen molar-refractivity contribution in [1.82, 2.24) is 5.32 Å². The molecule has 27 heavy (non-hydrogen) atoms. The van der Waals surface area contributed by atoms with E-state index >= 15 is 0 Å². The molecule has 0 aromatic heterocycles. The van der Waals surface area contributed by atoms with Crippen LogP contribution in [0.3, 0.4) is 0 Å². The molecule has 1 heterocycles. The molecule has 1 aliphatic heterocycles. The molecule has 0 radical (unpaired) electrons. The number of rotatable bonds is 6. The Balaban J connectivity index is 1.50. The summed E-state index contributed by atoms with van der Waals surface area (Å²) >= 11 is 6.00. The van der Waals surface area contributed by atoms with Crippen LogP contribution in [0, 0.1) is 0 Å². The highest BCUT2D eigenvalue weighted by Gasteiger charge is 2.36. The molecule has 138 valence electrons. The molecule has 3 rings (SSSR count). The van der Waals surface area contributed by atoms with Crippen molar-refractivity contribution in [2.45, 2.75) is 6.54 Å². The zero-order valence-corrected chi connectivity index (χ0v) is 14.9. The minimum Gasteiger partial charge on any atom is -0.454 e. The summed E-state index contributed by atoms with van der Waals surface area (Å²) in [4.78, 5) is 48.7. The maximum atomic E-state index is 12.0. The number of fused-ring (bicyclic) bond motifs is 1. The van der Waals surface area contributed by atoms with Gasteiger partial charge < -0.3 is 10.1 Å². The second kappa shape index (κ2) is 8.01. The number of ether oxygens (including phenoxy) is 1. The van der Waals surface area contributed by atoms with Gasteiger partial charge in [0.2, 0.25) is 0 Å². The minimum absolute atomic E-state index is 0.197. The van der Waals surface area contributed by atoms with Crippen molar-refractivity contribution in [2.24, 2.45) is 0 Å². The van der Waals surface area contributed by atoms with Gasteiger partial charge in [0.05, 0.1) is 11.3 Å². The van der Waals surface area contributed by atoms with Gasteiger partial charge >= 0.3 is 5.97 Å². The summed E-state index contributed by atoms with van der Waals surface area (Å²) < 4.78 is 4.89. The second-order valence-corrected chi connectivity index (χ2v) is 6.17. The monoisotopic (exact) mass is 386 g/mol. The van der Waals surface area contributed by atoms with Crippen molar-refractivity contribution in [3.63, 3.8) is 0 Å². The van der Waals surface area contributed by atoms with E-state index in [2.05, 4.69) is 5.32 Å². The largest absolute Gasteiger partial charge is 0.454 e. The SMILES string of the molecule is O=C(COC(=O)CN1C(=O)C(=O)c2ccccc21)NCc1ccccc1Cl. The molecule has 0 aliphatic carbocycles. The number of benzene rings is 2. The van der Waals surface area contributed by atoms with Crippen LogP contribution < -0.4 is 10.2 Å². The molecule has 1 N–H and O–H groups in total. The molecule has 7 nitrogen and oxygen atoms in total. The van der Waals surface area contributed by atoms with Crippen LogP contribution in [0.5, 0.6) is 0 Å². The number of nitrogens with one attached hydrogen (secondary N) is 1. The third-order valence-corrected chi connectivity index (χ3v) is 4.33. The van der Waals surface area contributed by atoms with Gasteiger partial charge in [0, 0.05) is 11.6 Å². The molecule has 2 aromatic rings. The van der Waals surface area contributed by atoms with Crippen molar-refractivity contribution >= 4 is 40.9 Å². The number of ketones is 1. The van der Waals surface area contributed by atoms with Gasteiger partial charge in [-0.1, -0.05) is 41.9 Å². The zero-order valence-electron chi connectivity index (χ0n) is 14.1. The fraction of sp³-hybridized carbons (Fsp3) is 0.158. The van der Waals surface area contributed by atoms with Crippen LogP contribution in [0.1, 0.15) is 15.9 Å². The number of esters is 1. The highest BCUT2D eigenvalue weighted by atomic mass is 35.5. The molecule has 0 fully saturated rings. The van der Waals surface area contributed by atoms with Crippen LogP contribution in [-0.4, -0.2) is 36.7 Å². The molecule has 8 heteroatoms. The standard InChI is InChI=1S/C19H15ClN2O5/c20-14-7-3-1-5-12(14)9-21-16(23)11-27-17(24)10-22-15-8-4-2-6-13(15)18(25)19(22)26/h1-8H,9-11H2,(H,21,23). The number of hydrogen-bond donors (Lipinski definition) is 1. The van der Waals surface area contributed by atoms with Gasteiger partial charge in [-0.05, 0) is 23.8 Å². The predicted molar refractivity (Wildman–Crippen MR) is 97.4 cm³/mol. The van der Waals surface area contributed by atoms with E-state index in [4.69, 9.17) is 16.3 Å². The van der Waals surface area contributed by atoms with E-state index in [0.29, 0.717) is 10.7 Å². The van der Waals surface area contributed by atoms with Crippen LogP contribution in [0.25, 0.3) is 0 Å². The van der Waals surface area contributed by atoms with Crippen molar-refractivity contribution in [3.05, 3.63) is 64.7 Å². The molecule has 0 spiro atoms. The average molecular weight is 387 g/mol. The van der Waals surface area contributed by atoms with E-state index in [1.165, 1.54) is 6.07 Å². The smallest absolute Gasteiger partial charge is 0.326 e. The Hall–Kier alpha value is -3.19. The summed E-state index contributed by atoms with van der Waals surface area (Å²) in [5, 5.41) is 3.10. The van der Waals surface area contributed by atoms with Gasteiger partial charge in [0.25, 0.3) is 17.6 Å². The highest BCUT2D eigenvalue weighted by Crippen LogP contribution is 2.28. The summed E-state index contributed by atoms with van der Waals surface area (Å²) in [6.07, 6.45) is 0. The first-order valence-corrected chi connectivity index (χ1v) is 8.46. The van der Waals surface area contributed by atoms with Crippen LogP contribution >= 0.6 is 11.6 Å². The molecule has 0 saturated carbocycles. The van der Waals surface area contributed by atoms with Gasteiger partial charge in [-0.25, -0.2) is 0 Å². The van der Waals surface area contributed by atoms with Crippen molar-refractivity contribution in [2.75, 3.05) is 18.1 Å². The van der Waals surface area contributed by atoms with Crippen LogP contribution in [0.15, 0.2) is 48.5 Å².